The summed E-state index contributed by atoms with van der Waals surface area (Å²) in [7, 11) is 11.5. The molecule has 0 spiro atoms. The Labute approximate surface area is 819 Å². The summed E-state index contributed by atoms with van der Waals surface area (Å²) in [5.41, 5.74) is 26.4. The van der Waals surface area contributed by atoms with Crippen LogP contribution in [-0.4, -0.2) is 138 Å². The molecule has 4 aliphatic heterocycles. The fraction of sp³-hybridized carbons (Fsp3) is 0.438. The summed E-state index contributed by atoms with van der Waals surface area (Å²) in [4.78, 5) is 58.4. The van der Waals surface area contributed by atoms with Crippen molar-refractivity contribution in [3.8, 4) is 34.0 Å². The number of nitrogens with zero attached hydrogens (tertiary/aromatic N) is 6. The predicted molar refractivity (Wildman–Crippen MR) is 563 cm³/mol. The van der Waals surface area contributed by atoms with E-state index < -0.39 is 44.1 Å². The van der Waals surface area contributed by atoms with Crippen LogP contribution in [0.25, 0.3) is 56.5 Å². The van der Waals surface area contributed by atoms with E-state index in [9.17, 15) is 36.0 Å². The molecular formula is C112H138Cl2N8O10PRuS2+. The molecule has 2 aromatic heterocycles. The van der Waals surface area contributed by atoms with E-state index in [1.54, 1.807) is 121 Å². The zero-order valence-electron chi connectivity index (χ0n) is 81.1. The van der Waals surface area contributed by atoms with Crippen molar-refractivity contribution in [3.63, 3.8) is 0 Å². The molecule has 9 aromatic rings. The number of allylic oxidation sites excluding steroid dienone is 4. The van der Waals surface area contributed by atoms with Crippen molar-refractivity contribution in [2.75, 3.05) is 57.2 Å². The topological polar surface area (TPSA) is 204 Å². The molecule has 6 fully saturated rings. The second-order valence-corrected chi connectivity index (χ2v) is 54.6. The maximum absolute atomic E-state index is 13.6. The maximum atomic E-state index is 13.6. The van der Waals surface area contributed by atoms with E-state index in [0.717, 1.165) is 144 Å². The third kappa shape index (κ3) is 23.1. The van der Waals surface area contributed by atoms with Crippen LogP contribution in [0.1, 0.15) is 280 Å². The number of aryl methyl sites for hydroxylation is 6. The number of ketones is 2. The van der Waals surface area contributed by atoms with Gasteiger partial charge in [0.15, 0.2) is 11.6 Å². The second kappa shape index (κ2) is 45.4. The molecule has 7 aromatic carbocycles. The number of hydrogen-bond acceptors (Lipinski definition) is 11. The van der Waals surface area contributed by atoms with Gasteiger partial charge in [0.05, 0.1) is 37.7 Å². The van der Waals surface area contributed by atoms with E-state index in [1.165, 1.54) is 125 Å². The van der Waals surface area contributed by atoms with E-state index in [1.807, 2.05) is 78.9 Å². The third-order valence-corrected chi connectivity index (χ3v) is 41.5. The molecule has 2 N–H and O–H groups in total. The summed E-state index contributed by atoms with van der Waals surface area (Å²) in [5.74, 6) is 0.633. The Kier molecular flexibility index (Phi) is 33.8. The number of anilines is 2. The standard InChI is InChI=1S/C34H37N3O5S.C32H35N3O5S.C21H26N2.C18H33P.C7H6.2ClH.Ru/c1-5-7-13-31(38)26-19-25-20-27(42-4)15-17-28(25)33-32(23-11-9-8-10-12-23)29-16-14-24(21-30(29)37(33)22-26)34(39)35-43(40,41)36(3)18-6-2;1-34-16-8-4-7-11-29(36)24-17-23-18-25(40-2)13-15-26(23)31-30(21-9-5-3-6-10-21)27-14-12-22(19-28(27)35(31)20-24)32(37)33-41(34,38)39;1-14-9-16(3)20(17(4)10-14)22-7-8-23(13-22)21-18(5)11-15(2)12-19(21)6;1-4-10-16(11-5-1)19(17-12-6-2-7-13-17)18-14-8-3-9-15-18;1-7-5-3-2-4-6-7;;;/h5-6,14-17,19-21,23H,1-2,4,7-13,18,22H2,3H3;4,8,12-15,17-19,21H,3,5-7,9-11,16,20H2,1-2H3,(H,33,37);9-12H,7-8H2,1-6H3;16-18H,1-15H2;1-6H;2*1H;/q;;;;;;;+2/p-1. The molecule has 6 heterocycles. The van der Waals surface area contributed by atoms with Gasteiger partial charge in [-0.25, -0.2) is 13.9 Å². The van der Waals surface area contributed by atoms with Gasteiger partial charge in [-0.15, -0.1) is 13.2 Å². The van der Waals surface area contributed by atoms with Gasteiger partial charge in [-0.3, -0.25) is 19.2 Å². The zero-order chi connectivity index (χ0) is 96.3. The third-order valence-electron chi connectivity index (χ3n) is 29.1. The molecule has 0 radical (unpaired) electrons. The summed E-state index contributed by atoms with van der Waals surface area (Å²) >= 11 is -3.44. The van der Waals surface area contributed by atoms with Gasteiger partial charge in [-0.1, -0.05) is 141 Å². The van der Waals surface area contributed by atoms with Crippen LogP contribution >= 0.6 is 27.3 Å². The Hall–Kier alpha value is -9.14. The van der Waals surface area contributed by atoms with Crippen molar-refractivity contribution in [1.29, 1.82) is 0 Å². The minimum absolute atomic E-state index is 0.0194. The summed E-state index contributed by atoms with van der Waals surface area (Å²) in [6.45, 7) is 26.5. The van der Waals surface area contributed by atoms with Crippen molar-refractivity contribution in [2.24, 2.45) is 0 Å². The van der Waals surface area contributed by atoms with E-state index >= 15 is 0 Å². The van der Waals surface area contributed by atoms with Gasteiger partial charge >= 0.3 is 236 Å². The first-order valence-electron chi connectivity index (χ1n) is 49.3. The predicted octanol–water partition coefficient (Wildman–Crippen LogP) is 25.8. The van der Waals surface area contributed by atoms with Crippen LogP contribution in [0.4, 0.5) is 11.4 Å². The first kappa shape index (κ1) is 101. The monoisotopic (exact) mass is 2020 g/mol. The van der Waals surface area contributed by atoms with E-state index in [2.05, 4.69) is 137 Å². The Bertz CT molecular complexity index is 6330. The van der Waals surface area contributed by atoms with Gasteiger partial charge in [-0.2, -0.15) is 25.4 Å². The molecule has 5 aliphatic carbocycles. The number of hydrogen-bond donors (Lipinski definition) is 2. The molecule has 1 saturated heterocycles. The van der Waals surface area contributed by atoms with Crippen LogP contribution in [0.15, 0.2) is 176 Å². The molecule has 18 nitrogen and oxygen atoms in total. The molecule has 0 unspecified atom stereocenters. The number of aromatic nitrogens is 2. The van der Waals surface area contributed by atoms with Crippen molar-refractivity contribution in [2.45, 2.75) is 270 Å². The van der Waals surface area contributed by atoms with Gasteiger partial charge in [0, 0.05) is 101 Å². The van der Waals surface area contributed by atoms with E-state index in [0.29, 0.717) is 75.4 Å². The number of nitrogens with one attached hydrogen (secondary N) is 2. The Morgan fingerprint density at radius 1 is 0.618 bits per heavy atom. The SMILES string of the molecule is C1CCC(P(C2CCCCC2)C2CCCCC2)CC1.C=CCCC(=O)C1=Cc2cc([O+]=C)ccc2-c2c(C3CCCCC3)c3ccc(C(=O)NS(=O)(=O)N(C)CC=C)cc3n2C1.COc1ccc2c(c1)C=C1Cn3c-2c(C2CCCCC2)c2ccc(cc23)C(=O)NS(=O)(=O)N(C)CC=CCCC1=O.Cc1cc(C)c(N2CCN(c3c(C)cc(C)cc3C)[C]2=[Ru]([Cl])([Cl])=[CH]c2ccccc2)c(C)c1. The Morgan fingerprint density at radius 2 is 1.12 bits per heavy atom. The fourth-order valence-electron chi connectivity index (χ4n) is 22.8. The quantitative estimate of drug-likeness (QED) is 0.0337. The molecule has 2 amide bonds. The Balaban J connectivity index is 0.000000142. The van der Waals surface area contributed by atoms with Gasteiger partial charge < -0.3 is 13.9 Å². The fourth-order valence-corrected chi connectivity index (χ4v) is 35.1. The first-order chi connectivity index (χ1) is 65.5. The molecule has 136 heavy (non-hydrogen) atoms. The number of fused-ring (bicyclic) bond motifs is 9. The molecule has 724 valence electrons. The van der Waals surface area contributed by atoms with Crippen molar-refractivity contribution in [1.82, 2.24) is 27.2 Å². The minimum atomic E-state index is -4.06. The van der Waals surface area contributed by atoms with Gasteiger partial charge in [0.2, 0.25) is 0 Å². The molecule has 5 saturated carbocycles. The molecule has 4 bridgehead atoms. The molecule has 24 heteroatoms. The number of rotatable bonds is 19. The number of methoxy groups -OCH3 is 1. The number of likely N-dealkylation sites (N-methyl/N-ethyl adjacent to an activating group) is 2. The molecule has 9 aliphatic rings. The van der Waals surface area contributed by atoms with Crippen LogP contribution < -0.4 is 24.0 Å². The number of carbonyl (C=O) groups excluding carboxylic acids is 5. The molecular weight excluding hydrogens is 1880 g/mol. The van der Waals surface area contributed by atoms with Crippen molar-refractivity contribution < 1.29 is 57.1 Å². The number of halogens is 2. The van der Waals surface area contributed by atoms with Crippen molar-refractivity contribution in [3.05, 3.63) is 248 Å². The normalized spacial score (nSPS) is 18.5. The average Bonchev–Trinajstić information content (AvgIpc) is 1.65. The number of carbonyl (C=O) groups is 4. The van der Waals surface area contributed by atoms with E-state index in [4.69, 9.17) is 28.5 Å². The molecule has 0 atom stereocenters. The summed E-state index contributed by atoms with van der Waals surface area (Å²) in [6, 6.07) is 41.8. The molecule has 18 rings (SSSR count). The van der Waals surface area contributed by atoms with Gasteiger partial charge in [-0.05, 0) is 189 Å². The number of benzene rings is 7. The second-order valence-electron chi connectivity index (χ2n) is 38.8. The summed E-state index contributed by atoms with van der Waals surface area (Å²) in [5, 5.41) is 2.05. The Morgan fingerprint density at radius 3 is 1.65 bits per heavy atom. The number of Topliss-reactive ketones (excluding diaryl/α,β-unsaturated/α-hetero) is 2. The average molecular weight is 2020 g/mol. The summed E-state index contributed by atoms with van der Waals surface area (Å²) in [6.07, 6.45) is 47.2. The number of ether oxygens (including phenoxy) is 1. The van der Waals surface area contributed by atoms with Crippen LogP contribution in [0, 0.1) is 41.5 Å². The van der Waals surface area contributed by atoms with Crippen LogP contribution in [0.3, 0.4) is 0 Å². The van der Waals surface area contributed by atoms with Crippen LogP contribution in [0.5, 0.6) is 11.5 Å². The van der Waals surface area contributed by atoms with Crippen LogP contribution in [0.2, 0.25) is 0 Å². The van der Waals surface area contributed by atoms with Crippen LogP contribution in [-0.2, 0) is 59.4 Å². The van der Waals surface area contributed by atoms with Crippen molar-refractivity contribution >= 4 is 132 Å². The van der Waals surface area contributed by atoms with Gasteiger partial charge in [0.25, 0.3) is 18.6 Å². The first-order valence-corrected chi connectivity index (χ1v) is 60.1. The van der Waals surface area contributed by atoms with E-state index in [-0.39, 0.29) is 35.8 Å². The zero-order valence-corrected chi connectivity index (χ0v) is 86.8. The van der Waals surface area contributed by atoms with Gasteiger partial charge in [0.1, 0.15) is 5.75 Å². The summed E-state index contributed by atoms with van der Waals surface area (Å²) < 4.78 is 76.0. The number of amides is 2.